The summed E-state index contributed by atoms with van der Waals surface area (Å²) in [5.41, 5.74) is 1.83. The van der Waals surface area contributed by atoms with E-state index in [1.807, 2.05) is 31.2 Å². The Morgan fingerprint density at radius 2 is 2.12 bits per heavy atom. The Kier molecular flexibility index (Phi) is 3.49. The molecule has 0 bridgehead atoms. The monoisotopic (exact) mass is 237 g/mol. The Labute approximate surface area is 101 Å². The van der Waals surface area contributed by atoms with E-state index in [0.29, 0.717) is 0 Å². The number of anilines is 1. The summed E-state index contributed by atoms with van der Waals surface area (Å²) < 4.78 is 0. The lowest BCUT2D eigenvalue weighted by Crippen LogP contribution is -2.28. The van der Waals surface area contributed by atoms with E-state index in [9.17, 15) is 4.79 Å². The van der Waals surface area contributed by atoms with Crippen LogP contribution in [0, 0.1) is 5.92 Å². The molecule has 0 saturated heterocycles. The van der Waals surface area contributed by atoms with E-state index < -0.39 is 0 Å². The number of carbonyl (C=O) groups excluding carboxylic acids is 1. The summed E-state index contributed by atoms with van der Waals surface area (Å²) >= 11 is 6.07. The van der Waals surface area contributed by atoms with Gasteiger partial charge in [0.25, 0.3) is 0 Å². The lowest BCUT2D eigenvalue weighted by atomic mass is 9.84. The average molecular weight is 238 g/mol. The molecule has 1 fully saturated rings. The Hall–Kier alpha value is -1.02. The number of rotatable bonds is 3. The number of carbonyl (C=O) groups is 1. The topological polar surface area (TPSA) is 29.1 Å². The maximum absolute atomic E-state index is 11.8. The van der Waals surface area contributed by atoms with Crippen LogP contribution in [0.3, 0.4) is 0 Å². The first-order valence-electron chi connectivity index (χ1n) is 5.72. The number of nitrogens with one attached hydrogen (secondary N) is 1. The Morgan fingerprint density at radius 1 is 1.44 bits per heavy atom. The summed E-state index contributed by atoms with van der Waals surface area (Å²) in [4.78, 5) is 11.8. The van der Waals surface area contributed by atoms with Crippen LogP contribution in [0.25, 0.3) is 0 Å². The number of para-hydroxylation sites is 1. The molecular weight excluding hydrogens is 222 g/mol. The second kappa shape index (κ2) is 4.88. The standard InChI is InChI=1S/C13H16ClNO/c1-9(14)11-7-2-3-8-12(11)15-13(16)10-5-4-6-10/h2-3,7-10H,4-6H2,1H3,(H,15,16). The van der Waals surface area contributed by atoms with Crippen molar-refractivity contribution in [2.45, 2.75) is 31.6 Å². The number of hydrogen-bond donors (Lipinski definition) is 1. The molecule has 16 heavy (non-hydrogen) atoms. The Morgan fingerprint density at radius 3 is 2.69 bits per heavy atom. The van der Waals surface area contributed by atoms with E-state index in [0.717, 1.165) is 24.1 Å². The van der Waals surface area contributed by atoms with E-state index in [4.69, 9.17) is 11.6 Å². The van der Waals surface area contributed by atoms with E-state index in [1.54, 1.807) is 0 Å². The predicted molar refractivity (Wildman–Crippen MR) is 66.7 cm³/mol. The van der Waals surface area contributed by atoms with Crippen LogP contribution in [0.4, 0.5) is 5.69 Å². The van der Waals surface area contributed by atoms with Crippen LogP contribution in [0.5, 0.6) is 0 Å². The highest BCUT2D eigenvalue weighted by atomic mass is 35.5. The van der Waals surface area contributed by atoms with Crippen LogP contribution in [-0.2, 0) is 4.79 Å². The molecule has 1 unspecified atom stereocenters. The molecule has 1 aliphatic rings. The third-order valence-electron chi connectivity index (χ3n) is 3.12. The zero-order chi connectivity index (χ0) is 11.5. The minimum atomic E-state index is -0.0853. The van der Waals surface area contributed by atoms with Gasteiger partial charge in [0.05, 0.1) is 5.38 Å². The summed E-state index contributed by atoms with van der Waals surface area (Å²) in [6.45, 7) is 1.91. The minimum absolute atomic E-state index is 0.0853. The Balaban J connectivity index is 2.10. The zero-order valence-corrected chi connectivity index (χ0v) is 10.1. The predicted octanol–water partition coefficient (Wildman–Crippen LogP) is 3.73. The van der Waals surface area contributed by atoms with Crippen molar-refractivity contribution in [1.29, 1.82) is 0 Å². The highest BCUT2D eigenvalue weighted by Crippen LogP contribution is 2.30. The number of amides is 1. The van der Waals surface area contributed by atoms with Crippen LogP contribution in [-0.4, -0.2) is 5.91 Å². The molecule has 0 radical (unpaired) electrons. The zero-order valence-electron chi connectivity index (χ0n) is 9.37. The molecule has 0 spiro atoms. The fourth-order valence-electron chi connectivity index (χ4n) is 1.86. The molecule has 2 nitrogen and oxygen atoms in total. The maximum atomic E-state index is 11.8. The second-order valence-electron chi connectivity index (χ2n) is 4.32. The van der Waals surface area contributed by atoms with Crippen LogP contribution in [0.1, 0.15) is 37.1 Å². The number of alkyl halides is 1. The van der Waals surface area contributed by atoms with Crippen LogP contribution >= 0.6 is 11.6 Å². The molecule has 1 atom stereocenters. The number of halogens is 1. The van der Waals surface area contributed by atoms with Crippen LogP contribution in [0.2, 0.25) is 0 Å². The van der Waals surface area contributed by atoms with Gasteiger partial charge in [-0.3, -0.25) is 4.79 Å². The van der Waals surface area contributed by atoms with Crippen molar-refractivity contribution in [2.24, 2.45) is 5.92 Å². The fourth-order valence-corrected chi connectivity index (χ4v) is 2.05. The molecule has 1 N–H and O–H groups in total. The molecule has 1 aliphatic carbocycles. The van der Waals surface area contributed by atoms with Crippen molar-refractivity contribution in [3.05, 3.63) is 29.8 Å². The summed E-state index contributed by atoms with van der Waals surface area (Å²) in [5.74, 6) is 0.342. The molecule has 0 heterocycles. The summed E-state index contributed by atoms with van der Waals surface area (Å²) in [6, 6.07) is 7.71. The van der Waals surface area contributed by atoms with E-state index >= 15 is 0 Å². The number of benzene rings is 1. The van der Waals surface area contributed by atoms with Crippen molar-refractivity contribution >= 4 is 23.2 Å². The molecule has 2 rings (SSSR count). The highest BCUT2D eigenvalue weighted by Gasteiger charge is 2.25. The van der Waals surface area contributed by atoms with Gasteiger partial charge in [-0.15, -0.1) is 11.6 Å². The van der Waals surface area contributed by atoms with Gasteiger partial charge in [-0.2, -0.15) is 0 Å². The molecule has 0 aliphatic heterocycles. The fraction of sp³-hybridized carbons (Fsp3) is 0.462. The lowest BCUT2D eigenvalue weighted by Gasteiger charge is -2.24. The van der Waals surface area contributed by atoms with Gasteiger partial charge >= 0.3 is 0 Å². The van der Waals surface area contributed by atoms with Gasteiger partial charge in [-0.05, 0) is 31.4 Å². The first kappa shape index (κ1) is 11.5. The average Bonchev–Trinajstić information content (AvgIpc) is 2.15. The summed E-state index contributed by atoms with van der Waals surface area (Å²) in [5, 5.41) is 2.89. The van der Waals surface area contributed by atoms with Crippen LogP contribution in [0.15, 0.2) is 24.3 Å². The summed E-state index contributed by atoms with van der Waals surface area (Å²) in [7, 11) is 0. The van der Waals surface area contributed by atoms with Gasteiger partial charge in [0, 0.05) is 11.6 Å². The smallest absolute Gasteiger partial charge is 0.227 e. The molecule has 0 aromatic heterocycles. The SMILES string of the molecule is CC(Cl)c1ccccc1NC(=O)C1CCC1. The highest BCUT2D eigenvalue weighted by molar-refractivity contribution is 6.21. The van der Waals surface area contributed by atoms with Crippen molar-refractivity contribution in [1.82, 2.24) is 0 Å². The first-order valence-corrected chi connectivity index (χ1v) is 6.16. The van der Waals surface area contributed by atoms with Crippen molar-refractivity contribution in [3.8, 4) is 0 Å². The normalized spacial score (nSPS) is 17.6. The van der Waals surface area contributed by atoms with Crippen molar-refractivity contribution in [2.75, 3.05) is 5.32 Å². The third kappa shape index (κ3) is 2.38. The molecular formula is C13H16ClNO. The van der Waals surface area contributed by atoms with E-state index in [-0.39, 0.29) is 17.2 Å². The van der Waals surface area contributed by atoms with E-state index in [2.05, 4.69) is 5.32 Å². The minimum Gasteiger partial charge on any atom is -0.326 e. The van der Waals surface area contributed by atoms with Gasteiger partial charge in [0.2, 0.25) is 5.91 Å². The van der Waals surface area contributed by atoms with Crippen LogP contribution < -0.4 is 5.32 Å². The molecule has 1 saturated carbocycles. The molecule has 3 heteroatoms. The van der Waals surface area contributed by atoms with Crippen molar-refractivity contribution < 1.29 is 4.79 Å². The second-order valence-corrected chi connectivity index (χ2v) is 4.97. The van der Waals surface area contributed by atoms with E-state index in [1.165, 1.54) is 6.42 Å². The maximum Gasteiger partial charge on any atom is 0.227 e. The van der Waals surface area contributed by atoms with Gasteiger partial charge in [0.15, 0.2) is 0 Å². The largest absolute Gasteiger partial charge is 0.326 e. The number of hydrogen-bond acceptors (Lipinski definition) is 1. The van der Waals surface area contributed by atoms with Gasteiger partial charge < -0.3 is 5.32 Å². The molecule has 1 aromatic rings. The quantitative estimate of drug-likeness (QED) is 0.798. The summed E-state index contributed by atoms with van der Waals surface area (Å²) in [6.07, 6.45) is 3.21. The lowest BCUT2D eigenvalue weighted by molar-refractivity contribution is -0.122. The van der Waals surface area contributed by atoms with Gasteiger partial charge in [-0.25, -0.2) is 0 Å². The molecule has 1 aromatic carbocycles. The van der Waals surface area contributed by atoms with Gasteiger partial charge in [-0.1, -0.05) is 24.6 Å². The van der Waals surface area contributed by atoms with Gasteiger partial charge in [0.1, 0.15) is 0 Å². The Bertz CT molecular complexity index is 385. The van der Waals surface area contributed by atoms with Crippen molar-refractivity contribution in [3.63, 3.8) is 0 Å². The third-order valence-corrected chi connectivity index (χ3v) is 3.36. The molecule has 1 amide bonds. The first-order chi connectivity index (χ1) is 7.68. The molecule has 86 valence electrons.